The fourth-order valence-corrected chi connectivity index (χ4v) is 2.38. The number of hydrogen-bond donors (Lipinski definition) is 0. The summed E-state index contributed by atoms with van der Waals surface area (Å²) >= 11 is 1.63. The van der Waals surface area contributed by atoms with E-state index in [1.807, 2.05) is 27.7 Å². The molecule has 0 spiro atoms. The zero-order valence-electron chi connectivity index (χ0n) is 10.6. The summed E-state index contributed by atoms with van der Waals surface area (Å²) in [5.74, 6) is 0. The van der Waals surface area contributed by atoms with Gasteiger partial charge in [0.2, 0.25) is 0 Å². The molecule has 2 radical (unpaired) electrons. The van der Waals surface area contributed by atoms with Crippen LogP contribution in [0.2, 0.25) is 0 Å². The number of benzene rings is 1. The Balaban J connectivity index is 0.000000606. The van der Waals surface area contributed by atoms with Gasteiger partial charge in [0.25, 0.3) is 0 Å². The Morgan fingerprint density at radius 1 is 0.938 bits per heavy atom. The number of rotatable bonds is 0. The van der Waals surface area contributed by atoms with Gasteiger partial charge in [-0.25, -0.2) is 0 Å². The molecule has 0 aliphatic rings. The molecule has 0 unspecified atom stereocenters. The van der Waals surface area contributed by atoms with Gasteiger partial charge in [-0.15, -0.1) is 0 Å². The average molecular weight is 271 g/mol. The number of aryl methyl sites for hydroxylation is 3. The van der Waals surface area contributed by atoms with E-state index < -0.39 is 0 Å². The van der Waals surface area contributed by atoms with Crippen LogP contribution in [0.15, 0.2) is 12.1 Å². The zero-order chi connectivity index (χ0) is 12.3. The predicted molar refractivity (Wildman–Crippen MR) is 70.5 cm³/mol. The summed E-state index contributed by atoms with van der Waals surface area (Å²) in [6.07, 6.45) is 0. The van der Waals surface area contributed by atoms with Crippen LogP contribution in [0.25, 0.3) is 11.0 Å². The molecule has 0 saturated heterocycles. The average Bonchev–Trinajstić information content (AvgIpc) is 2.24. The van der Waals surface area contributed by atoms with Crippen molar-refractivity contribution in [3.05, 3.63) is 29.1 Å². The molecule has 1 aromatic carbocycles. The van der Waals surface area contributed by atoms with Gasteiger partial charge in [0, 0.05) is 0 Å². The van der Waals surface area contributed by atoms with Crippen molar-refractivity contribution in [2.75, 3.05) is 0 Å². The summed E-state index contributed by atoms with van der Waals surface area (Å²) in [6.45, 7) is 10.1. The first-order valence-corrected chi connectivity index (χ1v) is 6.80. The van der Waals surface area contributed by atoms with Crippen molar-refractivity contribution in [2.24, 2.45) is 0 Å². The molecule has 2 rings (SSSR count). The second-order valence-electron chi connectivity index (χ2n) is 3.60. The number of fused-ring (bicyclic) bond motifs is 1. The van der Waals surface area contributed by atoms with Crippen molar-refractivity contribution in [3.63, 3.8) is 0 Å². The summed E-state index contributed by atoms with van der Waals surface area (Å²) in [6, 6.07) is 4.29. The van der Waals surface area contributed by atoms with Crippen LogP contribution in [0.1, 0.15) is 30.8 Å². The normalized spacial score (nSPS) is 9.81. The molecule has 0 saturated carbocycles. The van der Waals surface area contributed by atoms with Crippen molar-refractivity contribution < 1.29 is 0 Å². The maximum absolute atomic E-state index is 4.56. The van der Waals surface area contributed by atoms with Gasteiger partial charge in [0.15, 0.2) is 0 Å². The van der Waals surface area contributed by atoms with Crippen LogP contribution < -0.4 is 4.12 Å². The molecule has 82 valence electrons. The van der Waals surface area contributed by atoms with Crippen LogP contribution in [0, 0.1) is 20.8 Å². The fraction of sp³-hybridized carbons (Fsp3) is 0.385. The minimum atomic E-state index is 1.02. The van der Waals surface area contributed by atoms with Crippen LogP contribution in [0.4, 0.5) is 0 Å². The summed E-state index contributed by atoms with van der Waals surface area (Å²) in [5, 5.41) is 0. The van der Waals surface area contributed by atoms with Crippen molar-refractivity contribution >= 4 is 33.8 Å². The Morgan fingerprint density at radius 3 is 2.12 bits per heavy atom. The third-order valence-electron chi connectivity index (χ3n) is 2.39. The van der Waals surface area contributed by atoms with Crippen LogP contribution in [-0.4, -0.2) is 28.6 Å². The van der Waals surface area contributed by atoms with E-state index in [-0.39, 0.29) is 0 Å². The molecule has 0 amide bonds. The maximum atomic E-state index is 4.56. The van der Waals surface area contributed by atoms with E-state index in [0.717, 1.165) is 22.4 Å². The molecule has 0 fully saturated rings. The molecule has 0 atom stereocenters. The van der Waals surface area contributed by atoms with E-state index in [0.29, 0.717) is 0 Å². The number of aromatic nitrogens is 2. The van der Waals surface area contributed by atoms with Crippen molar-refractivity contribution in [2.45, 2.75) is 34.6 Å². The molecule has 0 aliphatic heterocycles. The molecule has 3 heteroatoms. The monoisotopic (exact) mass is 270 g/mol. The van der Waals surface area contributed by atoms with Crippen molar-refractivity contribution in [3.8, 4) is 0 Å². The fourth-order valence-electron chi connectivity index (χ4n) is 1.53. The van der Waals surface area contributed by atoms with Crippen LogP contribution in [0.3, 0.4) is 0 Å². The molecule has 2 aromatic rings. The van der Waals surface area contributed by atoms with Gasteiger partial charge in [0.05, 0.1) is 0 Å². The second-order valence-corrected chi connectivity index (χ2v) is 5.00. The van der Waals surface area contributed by atoms with E-state index in [9.17, 15) is 0 Å². The molecule has 1 aromatic heterocycles. The first-order valence-electron chi connectivity index (χ1n) is 5.59. The summed E-state index contributed by atoms with van der Waals surface area (Å²) in [5.41, 5.74) is 5.32. The third-order valence-corrected chi connectivity index (χ3v) is 3.09. The quantitative estimate of drug-likeness (QED) is 0.687. The standard InChI is InChI=1S/C11H11N2.C2H6.Ga/c1-7-5-4-6-10-11(7)13-9(3)8(2)12-10;1-2;/h5-6H,1-3H3;1-2H3;. The Kier molecular flexibility index (Phi) is 4.56. The molecule has 16 heavy (non-hydrogen) atoms. The van der Waals surface area contributed by atoms with Gasteiger partial charge in [-0.3, -0.25) is 0 Å². The van der Waals surface area contributed by atoms with Gasteiger partial charge in [-0.2, -0.15) is 0 Å². The SMILES string of the molecule is CC.Cc1nc2c[c]([Ga])cc(C)c2nc1C. The van der Waals surface area contributed by atoms with Crippen molar-refractivity contribution in [1.82, 2.24) is 9.97 Å². The van der Waals surface area contributed by atoms with Gasteiger partial charge < -0.3 is 0 Å². The number of hydrogen-bond acceptors (Lipinski definition) is 2. The van der Waals surface area contributed by atoms with Crippen LogP contribution in [-0.2, 0) is 0 Å². The second kappa shape index (κ2) is 5.50. The van der Waals surface area contributed by atoms with Crippen LogP contribution in [0.5, 0.6) is 0 Å². The Labute approximate surface area is 107 Å². The third kappa shape index (κ3) is 2.65. The first-order chi connectivity index (χ1) is 7.58. The summed E-state index contributed by atoms with van der Waals surface area (Å²) in [7, 11) is 0. The molecule has 2 nitrogen and oxygen atoms in total. The topological polar surface area (TPSA) is 25.8 Å². The molecular weight excluding hydrogens is 254 g/mol. The predicted octanol–water partition coefficient (Wildman–Crippen LogP) is 2.38. The summed E-state index contributed by atoms with van der Waals surface area (Å²) < 4.78 is 1.31. The Bertz CT molecular complexity index is 507. The molecule has 0 aliphatic carbocycles. The number of nitrogens with zero attached hydrogens (tertiary/aromatic N) is 2. The van der Waals surface area contributed by atoms with E-state index >= 15 is 0 Å². The van der Waals surface area contributed by atoms with Gasteiger partial charge >= 0.3 is 93.6 Å². The first kappa shape index (κ1) is 13.3. The Morgan fingerprint density at radius 2 is 1.50 bits per heavy atom. The minimum absolute atomic E-state index is 1.02. The van der Waals surface area contributed by atoms with Gasteiger partial charge in [0.1, 0.15) is 0 Å². The van der Waals surface area contributed by atoms with E-state index in [1.165, 1.54) is 9.68 Å². The van der Waals surface area contributed by atoms with Gasteiger partial charge in [-0.1, -0.05) is 13.8 Å². The van der Waals surface area contributed by atoms with Crippen LogP contribution >= 0.6 is 0 Å². The molecule has 1 heterocycles. The molecular formula is C13H17GaN2. The molecule has 0 N–H and O–H groups in total. The Hall–Kier alpha value is -0.804. The zero-order valence-corrected chi connectivity index (χ0v) is 13.0. The van der Waals surface area contributed by atoms with E-state index in [2.05, 4.69) is 29.0 Å². The van der Waals surface area contributed by atoms with E-state index in [4.69, 9.17) is 0 Å². The van der Waals surface area contributed by atoms with E-state index in [1.54, 1.807) is 18.6 Å². The van der Waals surface area contributed by atoms with Crippen molar-refractivity contribution in [1.29, 1.82) is 0 Å². The molecule has 0 bridgehead atoms. The summed E-state index contributed by atoms with van der Waals surface area (Å²) in [4.78, 5) is 9.10. The van der Waals surface area contributed by atoms with Gasteiger partial charge in [-0.05, 0) is 0 Å².